The Hall–Kier alpha value is -2.48. The number of aryl methyl sites for hydroxylation is 2. The highest BCUT2D eigenvalue weighted by Crippen LogP contribution is 2.41. The molecule has 4 heterocycles. The molecule has 2 aliphatic heterocycles. The van der Waals surface area contributed by atoms with E-state index in [0.717, 1.165) is 12.8 Å². The lowest BCUT2D eigenvalue weighted by Crippen LogP contribution is -2.66. The molecular formula is C20H24FN3O4. The Labute approximate surface area is 162 Å². The van der Waals surface area contributed by atoms with Crippen molar-refractivity contribution in [1.29, 1.82) is 0 Å². The first-order chi connectivity index (χ1) is 13.5. The van der Waals surface area contributed by atoms with Crippen molar-refractivity contribution in [1.82, 2.24) is 15.0 Å². The topological polar surface area (TPSA) is 77.7 Å². The third-order valence-electron chi connectivity index (χ3n) is 5.57. The van der Waals surface area contributed by atoms with Crippen LogP contribution in [0, 0.1) is 18.7 Å². The van der Waals surface area contributed by atoms with E-state index in [1.807, 2.05) is 6.92 Å². The van der Waals surface area contributed by atoms with Gasteiger partial charge in [-0.15, -0.1) is 0 Å². The van der Waals surface area contributed by atoms with Gasteiger partial charge in [0.2, 0.25) is 5.88 Å². The molecule has 1 spiro atoms. The Bertz CT molecular complexity index is 863. The van der Waals surface area contributed by atoms with E-state index in [1.54, 1.807) is 11.8 Å². The summed E-state index contributed by atoms with van der Waals surface area (Å²) in [4.78, 5) is 18.6. The average molecular weight is 389 g/mol. The highest BCUT2D eigenvalue weighted by atomic mass is 19.1. The van der Waals surface area contributed by atoms with Gasteiger partial charge in [-0.25, -0.2) is 9.37 Å². The number of hydrogen-bond acceptors (Lipinski definition) is 6. The second-order valence-electron chi connectivity index (χ2n) is 7.48. The summed E-state index contributed by atoms with van der Waals surface area (Å²) in [6.45, 7) is 5.71. The van der Waals surface area contributed by atoms with Crippen molar-refractivity contribution in [2.75, 3.05) is 26.3 Å². The smallest absolute Gasteiger partial charge is 0.259 e. The van der Waals surface area contributed by atoms with Crippen LogP contribution in [0.15, 0.2) is 22.9 Å². The van der Waals surface area contributed by atoms with E-state index in [9.17, 15) is 9.18 Å². The lowest BCUT2D eigenvalue weighted by atomic mass is 9.81. The molecule has 2 aromatic heterocycles. The molecule has 4 rings (SSSR count). The maximum Gasteiger partial charge on any atom is 0.259 e. The van der Waals surface area contributed by atoms with Crippen molar-refractivity contribution in [3.8, 4) is 5.88 Å². The summed E-state index contributed by atoms with van der Waals surface area (Å²) in [6.07, 6.45) is 3.87. The number of hydrogen-bond donors (Lipinski definition) is 0. The zero-order valence-electron chi connectivity index (χ0n) is 16.1. The Morgan fingerprint density at radius 1 is 1.46 bits per heavy atom. The zero-order chi connectivity index (χ0) is 19.7. The average Bonchev–Trinajstić information content (AvgIpc) is 3.23. The summed E-state index contributed by atoms with van der Waals surface area (Å²) in [5.41, 5.74) is 0.752. The van der Waals surface area contributed by atoms with Gasteiger partial charge in [0, 0.05) is 25.1 Å². The maximum atomic E-state index is 13.7. The number of pyridine rings is 1. The van der Waals surface area contributed by atoms with Gasteiger partial charge in [0.1, 0.15) is 16.9 Å². The van der Waals surface area contributed by atoms with Gasteiger partial charge < -0.3 is 18.9 Å². The third-order valence-corrected chi connectivity index (χ3v) is 5.57. The van der Waals surface area contributed by atoms with E-state index in [1.165, 1.54) is 18.3 Å². The Morgan fingerprint density at radius 2 is 2.29 bits per heavy atom. The van der Waals surface area contributed by atoms with Gasteiger partial charge in [0.25, 0.3) is 5.91 Å². The number of nitrogens with zero attached hydrogens (tertiary/aromatic N) is 3. The zero-order valence-corrected chi connectivity index (χ0v) is 16.1. The van der Waals surface area contributed by atoms with Crippen LogP contribution >= 0.6 is 0 Å². The number of likely N-dealkylation sites (tertiary alicyclic amines) is 1. The monoisotopic (exact) mass is 389 g/mol. The molecule has 28 heavy (non-hydrogen) atoms. The second-order valence-corrected chi connectivity index (χ2v) is 7.48. The van der Waals surface area contributed by atoms with E-state index in [-0.39, 0.29) is 17.7 Å². The highest BCUT2D eigenvalue weighted by molar-refractivity contribution is 5.96. The number of rotatable bonds is 6. The summed E-state index contributed by atoms with van der Waals surface area (Å²) in [5.74, 6) is 0.174. The molecule has 2 aromatic rings. The Morgan fingerprint density at radius 3 is 3.04 bits per heavy atom. The van der Waals surface area contributed by atoms with Crippen molar-refractivity contribution >= 4 is 5.91 Å². The molecular weight excluding hydrogens is 365 g/mol. The molecule has 0 unspecified atom stereocenters. The van der Waals surface area contributed by atoms with Crippen molar-refractivity contribution in [2.24, 2.45) is 5.92 Å². The standard InChI is InChI=1S/C20H24FN3O4/c1-3-5-16-17(13(2)23-28-16)19(25)24-11-20(12-24)14(7-9-27-20)10-26-18-15(21)6-4-8-22-18/h4,6,8,14H,3,5,7,9-12H2,1-2H3/t14-/m0/s1. The van der Waals surface area contributed by atoms with Gasteiger partial charge in [-0.05, 0) is 31.9 Å². The molecule has 1 atom stereocenters. The number of ether oxygens (including phenoxy) is 2. The molecule has 8 heteroatoms. The molecule has 150 valence electrons. The lowest BCUT2D eigenvalue weighted by Gasteiger charge is -2.50. The molecule has 2 aliphatic rings. The number of carbonyl (C=O) groups is 1. The molecule has 0 aromatic carbocycles. The van der Waals surface area contributed by atoms with Gasteiger partial charge in [-0.1, -0.05) is 12.1 Å². The van der Waals surface area contributed by atoms with Crippen LogP contribution in [0.4, 0.5) is 4.39 Å². The van der Waals surface area contributed by atoms with Crippen LogP contribution in [0.3, 0.4) is 0 Å². The summed E-state index contributed by atoms with van der Waals surface area (Å²) < 4.78 is 30.6. The minimum absolute atomic E-state index is 0.00103. The van der Waals surface area contributed by atoms with Gasteiger partial charge in [-0.3, -0.25) is 4.79 Å². The molecule has 7 nitrogen and oxygen atoms in total. The van der Waals surface area contributed by atoms with E-state index in [4.69, 9.17) is 14.0 Å². The fourth-order valence-electron chi connectivity index (χ4n) is 4.02. The first-order valence-corrected chi connectivity index (χ1v) is 9.66. The molecule has 0 N–H and O–H groups in total. The molecule has 2 fully saturated rings. The molecule has 0 bridgehead atoms. The van der Waals surface area contributed by atoms with Crippen molar-refractivity contribution in [2.45, 2.75) is 38.7 Å². The number of amides is 1. The largest absolute Gasteiger partial charge is 0.475 e. The van der Waals surface area contributed by atoms with Gasteiger partial charge >= 0.3 is 0 Å². The fourth-order valence-corrected chi connectivity index (χ4v) is 4.02. The van der Waals surface area contributed by atoms with Crippen molar-refractivity contribution < 1.29 is 23.2 Å². The third kappa shape index (κ3) is 3.26. The van der Waals surface area contributed by atoms with E-state index >= 15 is 0 Å². The van der Waals surface area contributed by atoms with Gasteiger partial charge in [0.05, 0.1) is 25.4 Å². The molecule has 2 saturated heterocycles. The van der Waals surface area contributed by atoms with Crippen LogP contribution in [-0.2, 0) is 11.2 Å². The van der Waals surface area contributed by atoms with E-state index in [2.05, 4.69) is 10.1 Å². The van der Waals surface area contributed by atoms with Crippen LogP contribution in [0.25, 0.3) is 0 Å². The lowest BCUT2D eigenvalue weighted by molar-refractivity contribution is -0.122. The normalized spacial score (nSPS) is 20.4. The highest BCUT2D eigenvalue weighted by Gasteiger charge is 2.55. The number of carbonyl (C=O) groups excluding carboxylic acids is 1. The summed E-state index contributed by atoms with van der Waals surface area (Å²) in [6, 6.07) is 2.85. The number of aromatic nitrogens is 2. The predicted octanol–water partition coefficient (Wildman–Crippen LogP) is 2.78. The predicted molar refractivity (Wildman–Crippen MR) is 97.6 cm³/mol. The summed E-state index contributed by atoms with van der Waals surface area (Å²) in [7, 11) is 0. The van der Waals surface area contributed by atoms with Crippen LogP contribution in [-0.4, -0.2) is 52.9 Å². The van der Waals surface area contributed by atoms with Crippen LogP contribution in [0.5, 0.6) is 5.88 Å². The molecule has 0 aliphatic carbocycles. The van der Waals surface area contributed by atoms with Crippen LogP contribution in [0.1, 0.15) is 41.6 Å². The van der Waals surface area contributed by atoms with Crippen LogP contribution < -0.4 is 4.74 Å². The Kier molecular flexibility index (Phi) is 5.05. The van der Waals surface area contributed by atoms with Crippen molar-refractivity contribution in [3.63, 3.8) is 0 Å². The minimum Gasteiger partial charge on any atom is -0.475 e. The quantitative estimate of drug-likeness (QED) is 0.756. The van der Waals surface area contributed by atoms with Crippen LogP contribution in [0.2, 0.25) is 0 Å². The second kappa shape index (κ2) is 7.50. The Balaban J connectivity index is 1.40. The summed E-state index contributed by atoms with van der Waals surface area (Å²) in [5, 5.41) is 3.96. The minimum atomic E-state index is -0.479. The fraction of sp³-hybridized carbons (Fsp3) is 0.550. The first-order valence-electron chi connectivity index (χ1n) is 9.66. The first kappa shape index (κ1) is 18.9. The molecule has 0 radical (unpaired) electrons. The molecule has 1 amide bonds. The SMILES string of the molecule is CCCc1onc(C)c1C(=O)N1CC2(C1)OCC[C@H]2COc1ncccc1F. The summed E-state index contributed by atoms with van der Waals surface area (Å²) >= 11 is 0. The van der Waals surface area contributed by atoms with Gasteiger partial charge in [0.15, 0.2) is 5.82 Å². The van der Waals surface area contributed by atoms with E-state index < -0.39 is 11.4 Å². The maximum absolute atomic E-state index is 13.7. The van der Waals surface area contributed by atoms with Gasteiger partial charge in [-0.2, -0.15) is 0 Å². The number of halogens is 1. The van der Waals surface area contributed by atoms with Crippen molar-refractivity contribution in [3.05, 3.63) is 41.2 Å². The van der Waals surface area contributed by atoms with E-state index in [0.29, 0.717) is 49.7 Å². The molecule has 0 saturated carbocycles.